The highest BCUT2D eigenvalue weighted by atomic mass is 16.5. The third-order valence-electron chi connectivity index (χ3n) is 4.58. The predicted octanol–water partition coefficient (Wildman–Crippen LogP) is 2.68. The SMILES string of the molecule is COc1ccc(N2CCN3CCCCC3C2)c(C)c1. The van der Waals surface area contributed by atoms with E-state index < -0.39 is 0 Å². The molecule has 2 fully saturated rings. The molecule has 1 aromatic carbocycles. The Balaban J connectivity index is 1.75. The lowest BCUT2D eigenvalue weighted by Gasteiger charge is -2.45. The zero-order valence-corrected chi connectivity index (χ0v) is 12.1. The molecule has 0 aliphatic carbocycles. The summed E-state index contributed by atoms with van der Waals surface area (Å²) >= 11 is 0. The molecule has 2 aliphatic heterocycles. The Bertz CT molecular complexity index is 446. The van der Waals surface area contributed by atoms with E-state index in [0.29, 0.717) is 0 Å². The van der Waals surface area contributed by atoms with E-state index in [-0.39, 0.29) is 0 Å². The summed E-state index contributed by atoms with van der Waals surface area (Å²) in [5, 5.41) is 0. The summed E-state index contributed by atoms with van der Waals surface area (Å²) in [6, 6.07) is 7.20. The van der Waals surface area contributed by atoms with Gasteiger partial charge in [0.2, 0.25) is 0 Å². The normalized spacial score (nSPS) is 24.1. The zero-order valence-electron chi connectivity index (χ0n) is 12.1. The molecule has 1 unspecified atom stereocenters. The number of anilines is 1. The molecule has 2 aliphatic rings. The van der Waals surface area contributed by atoms with Crippen LogP contribution in [0.3, 0.4) is 0 Å². The number of rotatable bonds is 2. The fourth-order valence-corrected chi connectivity index (χ4v) is 3.48. The third-order valence-corrected chi connectivity index (χ3v) is 4.58. The summed E-state index contributed by atoms with van der Waals surface area (Å²) in [6.45, 7) is 7.05. The van der Waals surface area contributed by atoms with E-state index in [9.17, 15) is 0 Å². The van der Waals surface area contributed by atoms with Crippen LogP contribution < -0.4 is 9.64 Å². The van der Waals surface area contributed by atoms with Crippen LogP contribution in [0.5, 0.6) is 5.75 Å². The van der Waals surface area contributed by atoms with Crippen LogP contribution in [0.1, 0.15) is 24.8 Å². The van der Waals surface area contributed by atoms with Crippen molar-refractivity contribution in [3.63, 3.8) is 0 Å². The van der Waals surface area contributed by atoms with Crippen molar-refractivity contribution < 1.29 is 4.74 Å². The molecule has 1 atom stereocenters. The molecule has 3 heteroatoms. The van der Waals surface area contributed by atoms with Crippen molar-refractivity contribution in [2.24, 2.45) is 0 Å². The molecule has 3 rings (SSSR count). The first kappa shape index (κ1) is 12.8. The quantitative estimate of drug-likeness (QED) is 0.813. The van der Waals surface area contributed by atoms with Gasteiger partial charge in [-0.3, -0.25) is 4.90 Å². The molecule has 0 N–H and O–H groups in total. The number of hydrogen-bond donors (Lipinski definition) is 0. The summed E-state index contributed by atoms with van der Waals surface area (Å²) < 4.78 is 5.30. The van der Waals surface area contributed by atoms with Gasteiger partial charge in [0, 0.05) is 31.4 Å². The van der Waals surface area contributed by atoms with Crippen molar-refractivity contribution in [2.45, 2.75) is 32.2 Å². The van der Waals surface area contributed by atoms with Gasteiger partial charge in [-0.25, -0.2) is 0 Å². The van der Waals surface area contributed by atoms with Gasteiger partial charge in [-0.1, -0.05) is 6.42 Å². The van der Waals surface area contributed by atoms with Crippen LogP contribution in [0.4, 0.5) is 5.69 Å². The van der Waals surface area contributed by atoms with Gasteiger partial charge in [0.15, 0.2) is 0 Å². The number of methoxy groups -OCH3 is 1. The van der Waals surface area contributed by atoms with E-state index in [1.54, 1.807) is 7.11 Å². The van der Waals surface area contributed by atoms with E-state index in [1.165, 1.54) is 50.1 Å². The van der Waals surface area contributed by atoms with Crippen molar-refractivity contribution in [1.82, 2.24) is 4.90 Å². The van der Waals surface area contributed by atoms with Crippen LogP contribution in [-0.4, -0.2) is 44.2 Å². The molecule has 2 saturated heterocycles. The second kappa shape index (κ2) is 5.41. The standard InChI is InChI=1S/C16H24N2O/c1-13-11-15(19-2)6-7-16(13)18-10-9-17-8-4-3-5-14(17)12-18/h6-7,11,14H,3-5,8-10,12H2,1-2H3. The molecule has 0 spiro atoms. The molecular formula is C16H24N2O. The number of hydrogen-bond acceptors (Lipinski definition) is 3. The molecule has 1 aromatic rings. The summed E-state index contributed by atoms with van der Waals surface area (Å²) in [5.74, 6) is 0.956. The van der Waals surface area contributed by atoms with E-state index in [1.807, 2.05) is 0 Å². The molecule has 19 heavy (non-hydrogen) atoms. The van der Waals surface area contributed by atoms with Crippen molar-refractivity contribution in [3.8, 4) is 5.75 Å². The highest BCUT2D eigenvalue weighted by Crippen LogP contribution is 2.29. The number of piperazine rings is 1. The van der Waals surface area contributed by atoms with Gasteiger partial charge in [0.1, 0.15) is 5.75 Å². The zero-order chi connectivity index (χ0) is 13.2. The van der Waals surface area contributed by atoms with Crippen LogP contribution in [0.2, 0.25) is 0 Å². The van der Waals surface area contributed by atoms with Crippen molar-refractivity contribution in [2.75, 3.05) is 38.2 Å². The van der Waals surface area contributed by atoms with Gasteiger partial charge >= 0.3 is 0 Å². The molecular weight excluding hydrogens is 236 g/mol. The van der Waals surface area contributed by atoms with Gasteiger partial charge in [-0.2, -0.15) is 0 Å². The topological polar surface area (TPSA) is 15.7 Å². The second-order valence-corrected chi connectivity index (χ2v) is 5.78. The lowest BCUT2D eigenvalue weighted by atomic mass is 9.98. The molecule has 0 saturated carbocycles. The van der Waals surface area contributed by atoms with Crippen LogP contribution in [-0.2, 0) is 0 Å². The van der Waals surface area contributed by atoms with Crippen molar-refractivity contribution in [1.29, 1.82) is 0 Å². The second-order valence-electron chi connectivity index (χ2n) is 5.78. The minimum Gasteiger partial charge on any atom is -0.497 e. The maximum atomic E-state index is 5.30. The summed E-state index contributed by atoms with van der Waals surface area (Å²) in [6.07, 6.45) is 4.15. The predicted molar refractivity (Wildman–Crippen MR) is 79.2 cm³/mol. The largest absolute Gasteiger partial charge is 0.497 e. The van der Waals surface area contributed by atoms with E-state index in [4.69, 9.17) is 4.74 Å². The lowest BCUT2D eigenvalue weighted by molar-refractivity contribution is 0.133. The first-order chi connectivity index (χ1) is 9.28. The Morgan fingerprint density at radius 2 is 2.05 bits per heavy atom. The Morgan fingerprint density at radius 3 is 2.84 bits per heavy atom. The number of piperidine rings is 1. The summed E-state index contributed by atoms with van der Waals surface area (Å²) in [4.78, 5) is 5.24. The minimum absolute atomic E-state index is 0.768. The van der Waals surface area contributed by atoms with Crippen LogP contribution in [0, 0.1) is 6.92 Å². The summed E-state index contributed by atoms with van der Waals surface area (Å²) in [7, 11) is 1.73. The van der Waals surface area contributed by atoms with Crippen molar-refractivity contribution in [3.05, 3.63) is 23.8 Å². The molecule has 3 nitrogen and oxygen atoms in total. The molecule has 0 amide bonds. The minimum atomic E-state index is 0.768. The molecule has 0 bridgehead atoms. The number of aryl methyl sites for hydroxylation is 1. The molecule has 104 valence electrons. The van der Waals surface area contributed by atoms with Crippen LogP contribution in [0.15, 0.2) is 18.2 Å². The van der Waals surface area contributed by atoms with Gasteiger partial charge < -0.3 is 9.64 Å². The molecule has 2 heterocycles. The van der Waals surface area contributed by atoms with Crippen LogP contribution in [0.25, 0.3) is 0 Å². The Labute approximate surface area is 116 Å². The monoisotopic (exact) mass is 260 g/mol. The first-order valence-electron chi connectivity index (χ1n) is 7.41. The van der Waals surface area contributed by atoms with E-state index in [0.717, 1.165) is 18.3 Å². The fourth-order valence-electron chi connectivity index (χ4n) is 3.48. The van der Waals surface area contributed by atoms with Crippen molar-refractivity contribution >= 4 is 5.69 Å². The smallest absolute Gasteiger partial charge is 0.119 e. The number of fused-ring (bicyclic) bond motifs is 1. The van der Waals surface area contributed by atoms with E-state index >= 15 is 0 Å². The summed E-state index contributed by atoms with van der Waals surface area (Å²) in [5.41, 5.74) is 2.70. The average Bonchev–Trinajstić information content (AvgIpc) is 2.46. The highest BCUT2D eigenvalue weighted by molar-refractivity contribution is 5.56. The van der Waals surface area contributed by atoms with Gasteiger partial charge in [0.05, 0.1) is 7.11 Å². The average molecular weight is 260 g/mol. The van der Waals surface area contributed by atoms with Gasteiger partial charge in [0.25, 0.3) is 0 Å². The maximum absolute atomic E-state index is 5.30. The number of ether oxygens (including phenoxy) is 1. The van der Waals surface area contributed by atoms with E-state index in [2.05, 4.69) is 34.9 Å². The van der Waals surface area contributed by atoms with Gasteiger partial charge in [-0.05, 0) is 50.1 Å². The first-order valence-corrected chi connectivity index (χ1v) is 7.41. The Hall–Kier alpha value is -1.22. The Morgan fingerprint density at radius 1 is 1.16 bits per heavy atom. The number of nitrogens with zero attached hydrogens (tertiary/aromatic N) is 2. The maximum Gasteiger partial charge on any atom is 0.119 e. The lowest BCUT2D eigenvalue weighted by Crippen LogP contribution is -2.55. The highest BCUT2D eigenvalue weighted by Gasteiger charge is 2.29. The van der Waals surface area contributed by atoms with Gasteiger partial charge in [-0.15, -0.1) is 0 Å². The Kier molecular flexibility index (Phi) is 3.65. The molecule has 0 aromatic heterocycles. The number of benzene rings is 1. The fraction of sp³-hybridized carbons (Fsp3) is 0.625. The van der Waals surface area contributed by atoms with Crippen LogP contribution >= 0.6 is 0 Å². The molecule has 0 radical (unpaired) electrons. The third kappa shape index (κ3) is 2.57.